The van der Waals surface area contributed by atoms with Gasteiger partial charge in [-0.15, -0.1) is 0 Å². The first kappa shape index (κ1) is 42.5. The molecule has 4 fully saturated rings. The predicted octanol–water partition coefficient (Wildman–Crippen LogP) is -0.168. The van der Waals surface area contributed by atoms with Gasteiger partial charge in [-0.1, -0.05) is 18.9 Å². The number of hydrogen-bond donors (Lipinski definition) is 4. The number of carbonyl (C=O) groups is 5. The minimum atomic E-state index is -2.41. The van der Waals surface area contributed by atoms with Crippen LogP contribution in [0, 0.1) is 0 Å². The maximum atomic E-state index is 13.3. The molecule has 20 nitrogen and oxygen atoms in total. The van der Waals surface area contributed by atoms with Gasteiger partial charge < -0.3 is 30.0 Å². The van der Waals surface area contributed by atoms with Crippen LogP contribution >= 0.6 is 0 Å². The van der Waals surface area contributed by atoms with Crippen molar-refractivity contribution < 1.29 is 42.2 Å². The van der Waals surface area contributed by atoms with E-state index in [1.165, 1.54) is 22.5 Å². The Labute approximate surface area is 353 Å². The van der Waals surface area contributed by atoms with Gasteiger partial charge in [-0.05, 0) is 56.8 Å². The van der Waals surface area contributed by atoms with Crippen molar-refractivity contribution in [3.63, 3.8) is 0 Å². The number of fused-ring (bicyclic) bond motifs is 2. The lowest BCUT2D eigenvalue weighted by molar-refractivity contribution is -0.136. The Hall–Kier alpha value is -5.19. The zero-order valence-electron chi connectivity index (χ0n) is 33.5. The number of anilines is 1. The van der Waals surface area contributed by atoms with E-state index in [9.17, 15) is 37.5 Å². The summed E-state index contributed by atoms with van der Waals surface area (Å²) < 4.78 is 39.5. The Morgan fingerprint density at radius 3 is 2.64 bits per heavy atom. The van der Waals surface area contributed by atoms with Gasteiger partial charge in [0.15, 0.2) is 6.61 Å². The fourth-order valence-electron chi connectivity index (χ4n) is 9.11. The topological polar surface area (TPSA) is 250 Å². The number of piperazine rings is 1. The van der Waals surface area contributed by atoms with Crippen molar-refractivity contribution in [1.29, 1.82) is 0 Å². The molecule has 5 atom stereocenters. The van der Waals surface area contributed by atoms with E-state index in [0.717, 1.165) is 42.4 Å². The van der Waals surface area contributed by atoms with Crippen LogP contribution in [0.25, 0.3) is 11.0 Å². The minimum absolute atomic E-state index is 0.00403. The third-order valence-electron chi connectivity index (χ3n) is 12.1. The molecular formula is C40H49N10O10S-. The molecule has 61 heavy (non-hydrogen) atoms. The molecule has 8 rings (SSSR count). The van der Waals surface area contributed by atoms with Crippen LogP contribution in [0.15, 0.2) is 41.3 Å². The summed E-state index contributed by atoms with van der Waals surface area (Å²) in [4.78, 5) is 88.2. The van der Waals surface area contributed by atoms with Crippen LogP contribution in [0.1, 0.15) is 78.1 Å². The SMILES string of the molecule is O=C(COc1cccc2c1C(=O)N(C1CCC(=O)NC1=O)C2=O)NCCOCCN1CCN(S(=O)[O-])C(C2CC(Nc3ncc4ccc(=O)n(C5CCCC5)c4n3)CCN2)C1. The van der Waals surface area contributed by atoms with Gasteiger partial charge in [0.1, 0.15) is 17.4 Å². The van der Waals surface area contributed by atoms with Crippen LogP contribution in [-0.4, -0.2) is 150 Å². The number of piperidine rings is 2. The first-order valence-electron chi connectivity index (χ1n) is 20.8. The number of aromatic nitrogens is 3. The van der Waals surface area contributed by atoms with Crippen molar-refractivity contribution in [2.24, 2.45) is 0 Å². The van der Waals surface area contributed by atoms with Gasteiger partial charge in [-0.2, -0.15) is 4.98 Å². The summed E-state index contributed by atoms with van der Waals surface area (Å²) in [5, 5.41) is 12.7. The van der Waals surface area contributed by atoms with Gasteiger partial charge in [0.05, 0.1) is 24.3 Å². The smallest absolute Gasteiger partial charge is 0.266 e. The van der Waals surface area contributed by atoms with Gasteiger partial charge in [-0.25, -0.2) is 9.29 Å². The Balaban J connectivity index is 0.784. The molecule has 326 valence electrons. The zero-order chi connectivity index (χ0) is 42.6. The second-order valence-corrected chi connectivity index (χ2v) is 16.9. The van der Waals surface area contributed by atoms with Gasteiger partial charge in [0.25, 0.3) is 23.3 Å². The largest absolute Gasteiger partial charge is 0.760 e. The molecule has 3 saturated heterocycles. The average Bonchev–Trinajstić information content (AvgIpc) is 3.87. The highest BCUT2D eigenvalue weighted by molar-refractivity contribution is 7.76. The fourth-order valence-corrected chi connectivity index (χ4v) is 9.77. The summed E-state index contributed by atoms with van der Waals surface area (Å²) in [5.74, 6) is -2.61. The lowest BCUT2D eigenvalue weighted by Gasteiger charge is -2.47. The monoisotopic (exact) mass is 861 g/mol. The van der Waals surface area contributed by atoms with Crippen molar-refractivity contribution in [1.82, 2.24) is 44.6 Å². The molecular weight excluding hydrogens is 813 g/mol. The van der Waals surface area contributed by atoms with Crippen LogP contribution in [0.2, 0.25) is 0 Å². The van der Waals surface area contributed by atoms with Crippen LogP contribution < -0.4 is 31.6 Å². The third-order valence-corrected chi connectivity index (χ3v) is 13.0. The summed E-state index contributed by atoms with van der Waals surface area (Å²) in [7, 11) is 0. The van der Waals surface area contributed by atoms with Crippen molar-refractivity contribution in [2.45, 2.75) is 81.6 Å². The first-order chi connectivity index (χ1) is 29.5. The normalized spacial score (nSPS) is 24.5. The molecule has 21 heteroatoms. The Morgan fingerprint density at radius 1 is 1.00 bits per heavy atom. The summed E-state index contributed by atoms with van der Waals surface area (Å²) in [6.07, 6.45) is 7.26. The highest BCUT2D eigenvalue weighted by atomic mass is 32.2. The summed E-state index contributed by atoms with van der Waals surface area (Å²) in [6, 6.07) is 6.30. The lowest BCUT2D eigenvalue weighted by Crippen LogP contribution is -2.63. The van der Waals surface area contributed by atoms with E-state index in [0.29, 0.717) is 57.3 Å². The molecule has 0 spiro atoms. The lowest BCUT2D eigenvalue weighted by atomic mass is 9.92. The summed E-state index contributed by atoms with van der Waals surface area (Å²) in [6.45, 7) is 2.89. The fraction of sp³-hybridized carbons (Fsp3) is 0.550. The van der Waals surface area contributed by atoms with E-state index >= 15 is 0 Å². The van der Waals surface area contributed by atoms with E-state index in [1.807, 2.05) is 4.57 Å². The summed E-state index contributed by atoms with van der Waals surface area (Å²) >= 11 is -2.41. The molecule has 0 bridgehead atoms. The number of imide groups is 2. The maximum absolute atomic E-state index is 13.3. The molecule has 2 aromatic heterocycles. The molecule has 5 aliphatic rings. The maximum Gasteiger partial charge on any atom is 0.266 e. The molecule has 5 unspecified atom stereocenters. The quantitative estimate of drug-likeness (QED) is 0.0880. The van der Waals surface area contributed by atoms with Crippen LogP contribution in [0.3, 0.4) is 0 Å². The number of nitrogens with one attached hydrogen (secondary N) is 4. The molecule has 0 radical (unpaired) electrons. The highest BCUT2D eigenvalue weighted by Gasteiger charge is 2.46. The predicted molar refractivity (Wildman–Crippen MR) is 218 cm³/mol. The third kappa shape index (κ3) is 9.36. The number of carbonyl (C=O) groups excluding carboxylic acids is 5. The zero-order valence-corrected chi connectivity index (χ0v) is 34.4. The Kier molecular flexibility index (Phi) is 13.1. The molecule has 3 aromatic rings. The van der Waals surface area contributed by atoms with Gasteiger partial charge in [-0.3, -0.25) is 52.7 Å². The van der Waals surface area contributed by atoms with Crippen LogP contribution in [0.5, 0.6) is 5.75 Å². The number of benzene rings is 1. The van der Waals surface area contributed by atoms with Crippen molar-refractivity contribution in [2.75, 3.05) is 64.4 Å². The highest BCUT2D eigenvalue weighted by Crippen LogP contribution is 2.34. The van der Waals surface area contributed by atoms with E-state index in [4.69, 9.17) is 14.5 Å². The molecule has 1 aromatic carbocycles. The molecule has 1 aliphatic carbocycles. The number of amides is 5. The molecule has 4 N–H and O–H groups in total. The second kappa shape index (κ2) is 18.8. The number of nitrogens with zero attached hydrogens (tertiary/aromatic N) is 6. The summed E-state index contributed by atoms with van der Waals surface area (Å²) in [5.41, 5.74) is 0.571. The molecule has 1 saturated carbocycles. The van der Waals surface area contributed by atoms with Crippen molar-refractivity contribution >= 4 is 57.8 Å². The van der Waals surface area contributed by atoms with Crippen molar-refractivity contribution in [3.8, 4) is 5.75 Å². The van der Waals surface area contributed by atoms with E-state index in [-0.39, 0.29) is 72.6 Å². The van der Waals surface area contributed by atoms with E-state index in [2.05, 4.69) is 31.2 Å². The van der Waals surface area contributed by atoms with E-state index in [1.54, 1.807) is 18.3 Å². The first-order valence-corrected chi connectivity index (χ1v) is 21.9. The van der Waals surface area contributed by atoms with Gasteiger partial charge in [0, 0.05) is 92.2 Å². The molecule has 6 heterocycles. The standard InChI is InChI=1S/C40H50N10O10S/c51-32-10-9-29(37(54)45-32)50-38(55)27-6-3-7-31(35(27)39(50)56)60-23-33(52)42-14-18-59-19-17-47-15-16-48(61(57)58)30(22-47)28-20-25(12-13-41-28)44-40-43-21-24-8-11-34(53)49(36(24)46-40)26-4-1-2-5-26/h3,6-8,11,21,25-26,28-30,41H,1-2,4-5,9-10,12-20,22-23H2,(H,42,52)(H,57,58)(H,43,44,46)(H,45,51,54)/p-1. The molecule has 4 aliphatic heterocycles. The second-order valence-electron chi connectivity index (χ2n) is 16.0. The Bertz CT molecular complexity index is 2270. The van der Waals surface area contributed by atoms with Crippen molar-refractivity contribution in [3.05, 3.63) is 58.0 Å². The number of hydrogen-bond acceptors (Lipinski definition) is 15. The average molecular weight is 862 g/mol. The van der Waals surface area contributed by atoms with Crippen LogP contribution in [-0.2, 0) is 30.4 Å². The number of rotatable bonds is 15. The van der Waals surface area contributed by atoms with Gasteiger partial charge in [0.2, 0.25) is 17.8 Å². The number of pyridine rings is 1. The minimum Gasteiger partial charge on any atom is -0.760 e. The molecule has 5 amide bonds. The number of ether oxygens (including phenoxy) is 2. The van der Waals surface area contributed by atoms with E-state index < -0.39 is 53.5 Å². The van der Waals surface area contributed by atoms with Crippen LogP contribution in [0.4, 0.5) is 5.95 Å². The Morgan fingerprint density at radius 2 is 1.84 bits per heavy atom. The van der Waals surface area contributed by atoms with Gasteiger partial charge >= 0.3 is 0 Å².